The standard InChI is InChI=1S/C13H22N4O/c1-2-13-15-12(16-18-13)9-17(11-5-6-11)8-10-4-3-7-14-10/h10-11,14H,2-9H2,1H3. The Hall–Kier alpha value is -0.940. The van der Waals surface area contributed by atoms with Crippen molar-refractivity contribution in [3.05, 3.63) is 11.7 Å². The molecule has 100 valence electrons. The number of aryl methyl sites for hydroxylation is 1. The van der Waals surface area contributed by atoms with Gasteiger partial charge in [-0.2, -0.15) is 4.98 Å². The van der Waals surface area contributed by atoms with Crippen LogP contribution in [-0.4, -0.2) is 40.2 Å². The van der Waals surface area contributed by atoms with Crippen LogP contribution in [0.25, 0.3) is 0 Å². The molecule has 1 unspecified atom stereocenters. The predicted octanol–water partition coefficient (Wildman–Crippen LogP) is 1.35. The van der Waals surface area contributed by atoms with Gasteiger partial charge in [0.25, 0.3) is 0 Å². The van der Waals surface area contributed by atoms with Crippen LogP contribution in [0.1, 0.15) is 44.3 Å². The topological polar surface area (TPSA) is 54.2 Å². The number of rotatable bonds is 6. The Labute approximate surface area is 108 Å². The first-order valence-corrected chi connectivity index (χ1v) is 7.14. The first kappa shape index (κ1) is 12.1. The van der Waals surface area contributed by atoms with E-state index >= 15 is 0 Å². The highest BCUT2D eigenvalue weighted by atomic mass is 16.5. The average Bonchev–Trinajstić information content (AvgIpc) is 2.92. The van der Waals surface area contributed by atoms with Crippen molar-refractivity contribution in [2.75, 3.05) is 13.1 Å². The molecule has 2 heterocycles. The van der Waals surface area contributed by atoms with Crippen molar-refractivity contribution in [1.82, 2.24) is 20.4 Å². The third-order valence-corrected chi connectivity index (χ3v) is 3.84. The van der Waals surface area contributed by atoms with Crippen molar-refractivity contribution in [2.45, 2.75) is 57.7 Å². The second-order valence-electron chi connectivity index (χ2n) is 5.41. The minimum atomic E-state index is 0.656. The molecule has 2 fully saturated rings. The fourth-order valence-corrected chi connectivity index (χ4v) is 2.66. The molecule has 0 bridgehead atoms. The van der Waals surface area contributed by atoms with Gasteiger partial charge in [0.15, 0.2) is 5.82 Å². The maximum atomic E-state index is 5.18. The summed E-state index contributed by atoms with van der Waals surface area (Å²) >= 11 is 0. The highest BCUT2D eigenvalue weighted by molar-refractivity contribution is 4.93. The first-order chi connectivity index (χ1) is 8.85. The molecule has 1 N–H and O–H groups in total. The van der Waals surface area contributed by atoms with E-state index in [1.54, 1.807) is 0 Å². The van der Waals surface area contributed by atoms with E-state index in [-0.39, 0.29) is 0 Å². The van der Waals surface area contributed by atoms with Gasteiger partial charge >= 0.3 is 0 Å². The average molecular weight is 250 g/mol. The maximum Gasteiger partial charge on any atom is 0.226 e. The molecule has 3 rings (SSSR count). The van der Waals surface area contributed by atoms with E-state index in [0.717, 1.165) is 37.3 Å². The molecule has 0 spiro atoms. The zero-order chi connectivity index (χ0) is 12.4. The highest BCUT2D eigenvalue weighted by Gasteiger charge is 2.32. The molecular formula is C13H22N4O. The molecule has 0 radical (unpaired) electrons. The lowest BCUT2D eigenvalue weighted by Crippen LogP contribution is -2.38. The van der Waals surface area contributed by atoms with Gasteiger partial charge in [0, 0.05) is 25.0 Å². The predicted molar refractivity (Wildman–Crippen MR) is 68.1 cm³/mol. The Morgan fingerprint density at radius 1 is 1.39 bits per heavy atom. The van der Waals surface area contributed by atoms with Gasteiger partial charge in [0.05, 0.1) is 6.54 Å². The van der Waals surface area contributed by atoms with Crippen LogP contribution >= 0.6 is 0 Å². The monoisotopic (exact) mass is 250 g/mol. The molecule has 1 aliphatic heterocycles. The molecular weight excluding hydrogens is 228 g/mol. The smallest absolute Gasteiger partial charge is 0.226 e. The Bertz CT molecular complexity index is 382. The van der Waals surface area contributed by atoms with E-state index in [2.05, 4.69) is 20.4 Å². The molecule has 1 atom stereocenters. The SMILES string of the molecule is CCc1nc(CN(CC2CCCN2)C2CC2)no1. The van der Waals surface area contributed by atoms with Crippen LogP contribution in [0.5, 0.6) is 0 Å². The lowest BCUT2D eigenvalue weighted by Gasteiger charge is -2.23. The zero-order valence-corrected chi connectivity index (χ0v) is 11.1. The molecule has 0 amide bonds. The molecule has 0 aromatic carbocycles. The summed E-state index contributed by atoms with van der Waals surface area (Å²) in [5.41, 5.74) is 0. The number of hydrogen-bond acceptors (Lipinski definition) is 5. The van der Waals surface area contributed by atoms with Gasteiger partial charge in [-0.15, -0.1) is 0 Å². The van der Waals surface area contributed by atoms with E-state index in [0.29, 0.717) is 6.04 Å². The van der Waals surface area contributed by atoms with Gasteiger partial charge in [-0.3, -0.25) is 4.90 Å². The van der Waals surface area contributed by atoms with Gasteiger partial charge in [-0.1, -0.05) is 12.1 Å². The van der Waals surface area contributed by atoms with E-state index in [9.17, 15) is 0 Å². The Morgan fingerprint density at radius 3 is 2.89 bits per heavy atom. The summed E-state index contributed by atoms with van der Waals surface area (Å²) in [6, 6.07) is 1.40. The molecule has 1 aliphatic carbocycles. The minimum Gasteiger partial charge on any atom is -0.339 e. The second-order valence-corrected chi connectivity index (χ2v) is 5.41. The lowest BCUT2D eigenvalue weighted by molar-refractivity contribution is 0.222. The molecule has 1 aromatic rings. The van der Waals surface area contributed by atoms with Crippen LogP contribution in [0.3, 0.4) is 0 Å². The quantitative estimate of drug-likeness (QED) is 0.826. The second kappa shape index (κ2) is 5.36. The summed E-state index contributed by atoms with van der Waals surface area (Å²) in [6.07, 6.45) is 6.08. The van der Waals surface area contributed by atoms with Gasteiger partial charge in [-0.05, 0) is 32.2 Å². The van der Waals surface area contributed by atoms with Gasteiger partial charge in [-0.25, -0.2) is 0 Å². The lowest BCUT2D eigenvalue weighted by atomic mass is 10.2. The van der Waals surface area contributed by atoms with Gasteiger partial charge in [0.1, 0.15) is 0 Å². The number of hydrogen-bond donors (Lipinski definition) is 1. The third kappa shape index (κ3) is 2.90. The van der Waals surface area contributed by atoms with Crippen molar-refractivity contribution in [1.29, 1.82) is 0 Å². The minimum absolute atomic E-state index is 0.656. The largest absolute Gasteiger partial charge is 0.339 e. The Kier molecular flexibility index (Phi) is 3.61. The van der Waals surface area contributed by atoms with Crippen molar-refractivity contribution in [3.63, 3.8) is 0 Å². The Morgan fingerprint density at radius 2 is 2.28 bits per heavy atom. The van der Waals surface area contributed by atoms with Crippen molar-refractivity contribution < 1.29 is 4.52 Å². The third-order valence-electron chi connectivity index (χ3n) is 3.84. The number of aromatic nitrogens is 2. The van der Waals surface area contributed by atoms with E-state index in [1.807, 2.05) is 6.92 Å². The summed E-state index contributed by atoms with van der Waals surface area (Å²) in [6.45, 7) is 5.18. The molecule has 1 saturated heterocycles. The summed E-state index contributed by atoms with van der Waals surface area (Å²) in [5, 5.41) is 7.63. The fraction of sp³-hybridized carbons (Fsp3) is 0.846. The summed E-state index contributed by atoms with van der Waals surface area (Å²) in [7, 11) is 0. The van der Waals surface area contributed by atoms with Crippen LogP contribution < -0.4 is 5.32 Å². The fourth-order valence-electron chi connectivity index (χ4n) is 2.66. The summed E-state index contributed by atoms with van der Waals surface area (Å²) in [4.78, 5) is 6.93. The van der Waals surface area contributed by atoms with E-state index in [1.165, 1.54) is 32.2 Å². The van der Waals surface area contributed by atoms with Crippen LogP contribution in [0.2, 0.25) is 0 Å². The van der Waals surface area contributed by atoms with E-state index in [4.69, 9.17) is 4.52 Å². The number of nitrogens with zero attached hydrogens (tertiary/aromatic N) is 3. The van der Waals surface area contributed by atoms with Gasteiger partial charge in [0.2, 0.25) is 5.89 Å². The molecule has 5 heteroatoms. The maximum absolute atomic E-state index is 5.18. The van der Waals surface area contributed by atoms with Crippen molar-refractivity contribution in [3.8, 4) is 0 Å². The molecule has 1 aromatic heterocycles. The van der Waals surface area contributed by atoms with Crippen LogP contribution in [0, 0.1) is 0 Å². The zero-order valence-electron chi connectivity index (χ0n) is 11.1. The first-order valence-electron chi connectivity index (χ1n) is 7.14. The van der Waals surface area contributed by atoms with E-state index < -0.39 is 0 Å². The van der Waals surface area contributed by atoms with Crippen molar-refractivity contribution in [2.24, 2.45) is 0 Å². The summed E-state index contributed by atoms with van der Waals surface area (Å²) in [5.74, 6) is 1.59. The van der Waals surface area contributed by atoms with Crippen molar-refractivity contribution >= 4 is 0 Å². The van der Waals surface area contributed by atoms with Crippen LogP contribution in [0.4, 0.5) is 0 Å². The normalized spacial score (nSPS) is 24.0. The van der Waals surface area contributed by atoms with Gasteiger partial charge < -0.3 is 9.84 Å². The van der Waals surface area contributed by atoms with Crippen LogP contribution in [-0.2, 0) is 13.0 Å². The molecule has 5 nitrogen and oxygen atoms in total. The molecule has 1 saturated carbocycles. The number of nitrogens with one attached hydrogen (secondary N) is 1. The summed E-state index contributed by atoms with van der Waals surface area (Å²) < 4.78 is 5.18. The molecule has 18 heavy (non-hydrogen) atoms. The molecule has 2 aliphatic rings. The Balaban J connectivity index is 1.59. The van der Waals surface area contributed by atoms with Crippen LogP contribution in [0.15, 0.2) is 4.52 Å². The highest BCUT2D eigenvalue weighted by Crippen LogP contribution is 2.28.